The minimum atomic E-state index is -0.283. The van der Waals surface area contributed by atoms with E-state index in [-0.39, 0.29) is 17.8 Å². The molecule has 4 rings (SSSR count). The van der Waals surface area contributed by atoms with Crippen LogP contribution in [0.4, 0.5) is 10.1 Å². The van der Waals surface area contributed by atoms with Crippen molar-refractivity contribution in [2.45, 2.75) is 13.0 Å². The third-order valence-electron chi connectivity index (χ3n) is 4.24. The molecule has 0 fully saturated rings. The summed E-state index contributed by atoms with van der Waals surface area (Å²) in [7, 11) is 0. The first-order chi connectivity index (χ1) is 11.2. The lowest BCUT2D eigenvalue weighted by atomic mass is 9.98. The van der Waals surface area contributed by atoms with Crippen molar-refractivity contribution < 1.29 is 9.18 Å². The smallest absolute Gasteiger partial charge is 0.224 e. The highest BCUT2D eigenvalue weighted by atomic mass is 19.1. The second-order valence-electron chi connectivity index (χ2n) is 5.63. The molecule has 2 aromatic carbocycles. The van der Waals surface area contributed by atoms with Gasteiger partial charge in [0.1, 0.15) is 11.9 Å². The Balaban J connectivity index is 1.98. The number of benzene rings is 2. The molecule has 0 saturated heterocycles. The molecule has 0 radical (unpaired) electrons. The van der Waals surface area contributed by atoms with Gasteiger partial charge < -0.3 is 4.57 Å². The zero-order chi connectivity index (χ0) is 16.0. The Kier molecular flexibility index (Phi) is 3.05. The number of amides is 1. The molecule has 0 aliphatic carbocycles. The van der Waals surface area contributed by atoms with Gasteiger partial charge in [0, 0.05) is 13.1 Å². The topological polar surface area (TPSA) is 25.2 Å². The molecule has 0 spiro atoms. The van der Waals surface area contributed by atoms with Gasteiger partial charge in [-0.25, -0.2) is 4.39 Å². The van der Waals surface area contributed by atoms with Crippen molar-refractivity contribution in [3.8, 4) is 5.69 Å². The number of anilines is 1. The molecular weight excluding hydrogens is 291 g/mol. The quantitative estimate of drug-likeness (QED) is 0.665. The molecule has 1 aromatic heterocycles. The van der Waals surface area contributed by atoms with Crippen LogP contribution in [0, 0.1) is 5.82 Å². The average molecular weight is 306 g/mol. The van der Waals surface area contributed by atoms with E-state index in [0.29, 0.717) is 0 Å². The standard InChI is InChI=1S/C19H15FN2O/c1-13(23)22-17-6-3-2-5-16(17)21-12-4-7-18(21)19(22)14-8-10-15(20)11-9-14/h2-12,19H,1H3/t19-/m0/s1. The van der Waals surface area contributed by atoms with E-state index in [4.69, 9.17) is 0 Å². The summed E-state index contributed by atoms with van der Waals surface area (Å²) in [6.07, 6.45) is 1.99. The van der Waals surface area contributed by atoms with Gasteiger partial charge >= 0.3 is 0 Å². The summed E-state index contributed by atoms with van der Waals surface area (Å²) in [5, 5.41) is 0. The average Bonchev–Trinajstić information content (AvgIpc) is 3.04. The van der Waals surface area contributed by atoms with Gasteiger partial charge in [-0.1, -0.05) is 24.3 Å². The van der Waals surface area contributed by atoms with Crippen molar-refractivity contribution in [3.63, 3.8) is 0 Å². The summed E-state index contributed by atoms with van der Waals surface area (Å²) >= 11 is 0. The van der Waals surface area contributed by atoms with E-state index < -0.39 is 0 Å². The number of para-hydroxylation sites is 2. The maximum absolute atomic E-state index is 13.3. The number of halogens is 1. The molecule has 1 aliphatic heterocycles. The molecule has 3 nitrogen and oxygen atoms in total. The van der Waals surface area contributed by atoms with Gasteiger partial charge in [0.25, 0.3) is 0 Å². The minimum absolute atomic E-state index is 0.0424. The van der Waals surface area contributed by atoms with Gasteiger partial charge in [-0.3, -0.25) is 9.69 Å². The molecule has 0 unspecified atom stereocenters. The molecule has 1 atom stereocenters. The Morgan fingerprint density at radius 3 is 2.35 bits per heavy atom. The maximum atomic E-state index is 13.3. The van der Waals surface area contributed by atoms with Crippen molar-refractivity contribution in [2.24, 2.45) is 0 Å². The first kappa shape index (κ1) is 13.8. The molecule has 4 heteroatoms. The van der Waals surface area contributed by atoms with Crippen molar-refractivity contribution in [1.82, 2.24) is 4.57 Å². The molecule has 0 N–H and O–H groups in total. The van der Waals surface area contributed by atoms with E-state index in [1.165, 1.54) is 12.1 Å². The van der Waals surface area contributed by atoms with E-state index in [1.807, 2.05) is 42.6 Å². The van der Waals surface area contributed by atoms with Crippen LogP contribution in [-0.2, 0) is 4.79 Å². The zero-order valence-electron chi connectivity index (χ0n) is 12.6. The van der Waals surface area contributed by atoms with Gasteiger partial charge in [0.05, 0.1) is 17.1 Å². The molecule has 0 bridgehead atoms. The summed E-state index contributed by atoms with van der Waals surface area (Å²) < 4.78 is 15.4. The second-order valence-corrected chi connectivity index (χ2v) is 5.63. The van der Waals surface area contributed by atoms with E-state index in [2.05, 4.69) is 4.57 Å². The third-order valence-corrected chi connectivity index (χ3v) is 4.24. The molecule has 2 heterocycles. The first-order valence-corrected chi connectivity index (χ1v) is 7.49. The van der Waals surface area contributed by atoms with E-state index in [9.17, 15) is 9.18 Å². The molecule has 0 saturated carbocycles. The van der Waals surface area contributed by atoms with Crippen molar-refractivity contribution in [1.29, 1.82) is 0 Å². The Hall–Kier alpha value is -2.88. The predicted octanol–water partition coefficient (Wildman–Crippen LogP) is 4.07. The Bertz CT molecular complexity index is 882. The molecule has 23 heavy (non-hydrogen) atoms. The zero-order valence-corrected chi connectivity index (χ0v) is 12.6. The SMILES string of the molecule is CC(=O)N1c2ccccc2-n2cccc2[C@@H]1c1ccc(F)cc1. The van der Waals surface area contributed by atoms with Crippen LogP contribution in [0.1, 0.15) is 24.2 Å². The largest absolute Gasteiger partial charge is 0.316 e. The first-order valence-electron chi connectivity index (χ1n) is 7.49. The summed E-state index contributed by atoms with van der Waals surface area (Å²) in [5.41, 5.74) is 3.71. The summed E-state index contributed by atoms with van der Waals surface area (Å²) in [5.74, 6) is -0.325. The predicted molar refractivity (Wildman–Crippen MR) is 87.2 cm³/mol. The van der Waals surface area contributed by atoms with Gasteiger partial charge in [-0.2, -0.15) is 0 Å². The number of hydrogen-bond acceptors (Lipinski definition) is 1. The van der Waals surface area contributed by atoms with Crippen LogP contribution in [0.15, 0.2) is 66.9 Å². The fraction of sp³-hybridized carbons (Fsp3) is 0.105. The van der Waals surface area contributed by atoms with Crippen LogP contribution in [0.5, 0.6) is 0 Å². The van der Waals surface area contributed by atoms with Crippen LogP contribution in [-0.4, -0.2) is 10.5 Å². The lowest BCUT2D eigenvalue weighted by Gasteiger charge is -2.38. The minimum Gasteiger partial charge on any atom is -0.316 e. The number of nitrogens with zero attached hydrogens (tertiary/aromatic N) is 2. The Morgan fingerprint density at radius 1 is 0.957 bits per heavy atom. The van der Waals surface area contributed by atoms with Crippen molar-refractivity contribution in [3.05, 3.63) is 83.9 Å². The molecule has 1 amide bonds. The van der Waals surface area contributed by atoms with Crippen LogP contribution in [0.25, 0.3) is 5.69 Å². The summed E-state index contributed by atoms with van der Waals surface area (Å²) in [4.78, 5) is 14.2. The van der Waals surface area contributed by atoms with Crippen LogP contribution >= 0.6 is 0 Å². The van der Waals surface area contributed by atoms with Gasteiger partial charge in [-0.15, -0.1) is 0 Å². The number of carbonyl (C=O) groups is 1. The number of fused-ring (bicyclic) bond motifs is 3. The van der Waals surface area contributed by atoms with E-state index >= 15 is 0 Å². The lowest BCUT2D eigenvalue weighted by Crippen LogP contribution is -2.38. The summed E-state index contributed by atoms with van der Waals surface area (Å²) in [6.45, 7) is 1.56. The van der Waals surface area contributed by atoms with Crippen LogP contribution < -0.4 is 4.90 Å². The fourth-order valence-corrected chi connectivity index (χ4v) is 3.30. The second kappa shape index (κ2) is 5.09. The van der Waals surface area contributed by atoms with Gasteiger partial charge in [0.2, 0.25) is 5.91 Å². The molecule has 3 aromatic rings. The third kappa shape index (κ3) is 2.06. The number of hydrogen-bond donors (Lipinski definition) is 0. The van der Waals surface area contributed by atoms with Gasteiger partial charge in [-0.05, 0) is 42.0 Å². The normalized spacial score (nSPS) is 15.9. The van der Waals surface area contributed by atoms with Crippen LogP contribution in [0.3, 0.4) is 0 Å². The van der Waals surface area contributed by atoms with Gasteiger partial charge in [0.15, 0.2) is 0 Å². The fourth-order valence-electron chi connectivity index (χ4n) is 3.30. The highest BCUT2D eigenvalue weighted by molar-refractivity contribution is 5.96. The molecular formula is C19H15FN2O. The highest BCUT2D eigenvalue weighted by Gasteiger charge is 2.34. The lowest BCUT2D eigenvalue weighted by molar-refractivity contribution is -0.117. The Morgan fingerprint density at radius 2 is 1.65 bits per heavy atom. The maximum Gasteiger partial charge on any atom is 0.224 e. The monoisotopic (exact) mass is 306 g/mol. The number of rotatable bonds is 1. The Labute approximate surface area is 133 Å². The number of carbonyl (C=O) groups excluding carboxylic acids is 1. The molecule has 114 valence electrons. The molecule has 1 aliphatic rings. The summed E-state index contributed by atoms with van der Waals surface area (Å²) in [6, 6.07) is 17.9. The van der Waals surface area contributed by atoms with Crippen molar-refractivity contribution in [2.75, 3.05) is 4.90 Å². The highest BCUT2D eigenvalue weighted by Crippen LogP contribution is 2.42. The van der Waals surface area contributed by atoms with E-state index in [1.54, 1.807) is 24.0 Å². The van der Waals surface area contributed by atoms with E-state index in [0.717, 1.165) is 22.6 Å². The number of aromatic nitrogens is 1. The van der Waals surface area contributed by atoms with Crippen LogP contribution in [0.2, 0.25) is 0 Å². The van der Waals surface area contributed by atoms with Crippen molar-refractivity contribution >= 4 is 11.6 Å².